The summed E-state index contributed by atoms with van der Waals surface area (Å²) in [5.41, 5.74) is 3.29. The van der Waals surface area contributed by atoms with Gasteiger partial charge in [-0.3, -0.25) is 9.59 Å². The first-order valence-electron chi connectivity index (χ1n) is 7.96. The first-order valence-corrected chi connectivity index (χ1v) is 7.96. The predicted molar refractivity (Wildman–Crippen MR) is 88.6 cm³/mol. The highest BCUT2D eigenvalue weighted by atomic mass is 16.2. The van der Waals surface area contributed by atoms with Crippen LogP contribution in [-0.2, 0) is 9.59 Å². The minimum absolute atomic E-state index is 0.186. The van der Waals surface area contributed by atoms with Crippen LogP contribution < -0.4 is 16.4 Å². The molecule has 0 atom stereocenters. The summed E-state index contributed by atoms with van der Waals surface area (Å²) in [5.74, 6) is -0.402. The Balaban J connectivity index is 3.00. The summed E-state index contributed by atoms with van der Waals surface area (Å²) in [5, 5.41) is 5.87. The molecule has 132 valence electrons. The number of likely N-dealkylation sites (tertiary alicyclic amines) is 1. The standard InChI is InChI=1S/C16H30N4O3/c1-14(2,3)11(21)19-16(12(22)18-15(4,5)6)7-9-20(10-8-16)13(17)23/h7-10H2,1-6H3,(H2,17,23)(H,18,22)(H,19,21). The van der Waals surface area contributed by atoms with Gasteiger partial charge in [0, 0.05) is 24.0 Å². The third-order valence-corrected chi connectivity index (χ3v) is 3.89. The van der Waals surface area contributed by atoms with Crippen LogP contribution in [0.2, 0.25) is 0 Å². The van der Waals surface area contributed by atoms with Crippen LogP contribution in [0.15, 0.2) is 0 Å². The number of primary amides is 1. The van der Waals surface area contributed by atoms with Crippen LogP contribution in [0, 0.1) is 5.41 Å². The molecule has 0 spiro atoms. The largest absolute Gasteiger partial charge is 0.351 e. The second-order valence-corrected chi connectivity index (χ2v) is 8.32. The minimum atomic E-state index is -1.01. The van der Waals surface area contributed by atoms with E-state index in [1.165, 1.54) is 4.90 Å². The average Bonchev–Trinajstić information content (AvgIpc) is 2.35. The van der Waals surface area contributed by atoms with Crippen molar-refractivity contribution in [2.24, 2.45) is 11.1 Å². The molecule has 4 N–H and O–H groups in total. The molecule has 0 aliphatic carbocycles. The highest BCUT2D eigenvalue weighted by molar-refractivity contribution is 5.93. The van der Waals surface area contributed by atoms with Crippen LogP contribution in [0.1, 0.15) is 54.4 Å². The van der Waals surface area contributed by atoms with Gasteiger partial charge in [-0.1, -0.05) is 20.8 Å². The van der Waals surface area contributed by atoms with Crippen LogP contribution in [-0.4, -0.2) is 46.9 Å². The van der Waals surface area contributed by atoms with Gasteiger partial charge in [0.05, 0.1) is 0 Å². The highest BCUT2D eigenvalue weighted by Crippen LogP contribution is 2.26. The van der Waals surface area contributed by atoms with E-state index in [2.05, 4.69) is 10.6 Å². The van der Waals surface area contributed by atoms with E-state index in [0.717, 1.165) is 0 Å². The summed E-state index contributed by atoms with van der Waals surface area (Å²) in [7, 11) is 0. The van der Waals surface area contributed by atoms with Gasteiger partial charge < -0.3 is 21.3 Å². The lowest BCUT2D eigenvalue weighted by atomic mass is 9.83. The third kappa shape index (κ3) is 5.11. The normalized spacial score (nSPS) is 18.3. The highest BCUT2D eigenvalue weighted by Gasteiger charge is 2.45. The molecule has 1 aliphatic heterocycles. The Hall–Kier alpha value is -1.79. The third-order valence-electron chi connectivity index (χ3n) is 3.89. The summed E-state index contributed by atoms with van der Waals surface area (Å²) in [6.07, 6.45) is 0.694. The fourth-order valence-corrected chi connectivity index (χ4v) is 2.38. The summed E-state index contributed by atoms with van der Waals surface area (Å²) >= 11 is 0. The molecule has 1 heterocycles. The zero-order chi connectivity index (χ0) is 18.1. The van der Waals surface area contributed by atoms with Crippen molar-refractivity contribution in [3.05, 3.63) is 0 Å². The Morgan fingerprint density at radius 3 is 1.83 bits per heavy atom. The van der Waals surface area contributed by atoms with Gasteiger partial charge in [-0.25, -0.2) is 4.79 Å². The van der Waals surface area contributed by atoms with Crippen molar-refractivity contribution in [1.82, 2.24) is 15.5 Å². The van der Waals surface area contributed by atoms with Crippen molar-refractivity contribution in [3.8, 4) is 0 Å². The lowest BCUT2D eigenvalue weighted by molar-refractivity contribution is -0.140. The molecule has 23 heavy (non-hydrogen) atoms. The van der Waals surface area contributed by atoms with Crippen LogP contribution in [0.25, 0.3) is 0 Å². The summed E-state index contributed by atoms with van der Waals surface area (Å²) in [6.45, 7) is 11.8. The monoisotopic (exact) mass is 326 g/mol. The predicted octanol–water partition coefficient (Wildman–Crippen LogP) is 0.977. The molecule has 1 aliphatic rings. The van der Waals surface area contributed by atoms with E-state index in [0.29, 0.717) is 25.9 Å². The molecule has 7 nitrogen and oxygen atoms in total. The van der Waals surface area contributed by atoms with Gasteiger partial charge >= 0.3 is 6.03 Å². The molecule has 1 saturated heterocycles. The molecule has 4 amide bonds. The molecule has 0 aromatic carbocycles. The molecule has 1 fully saturated rings. The molecule has 7 heteroatoms. The number of nitrogens with two attached hydrogens (primary N) is 1. The molecule has 0 saturated carbocycles. The first-order chi connectivity index (χ1) is 10.3. The molecule has 0 aromatic heterocycles. The summed E-state index contributed by atoms with van der Waals surface area (Å²) < 4.78 is 0. The van der Waals surface area contributed by atoms with E-state index in [1.54, 1.807) is 20.8 Å². The van der Waals surface area contributed by atoms with E-state index >= 15 is 0 Å². The zero-order valence-electron chi connectivity index (χ0n) is 15.1. The smallest absolute Gasteiger partial charge is 0.314 e. The summed E-state index contributed by atoms with van der Waals surface area (Å²) in [4.78, 5) is 38.0. The number of nitrogens with one attached hydrogen (secondary N) is 2. The fourth-order valence-electron chi connectivity index (χ4n) is 2.38. The maximum Gasteiger partial charge on any atom is 0.314 e. The number of urea groups is 1. The lowest BCUT2D eigenvalue weighted by Crippen LogP contribution is -2.66. The maximum atomic E-state index is 12.8. The van der Waals surface area contributed by atoms with Gasteiger partial charge in [0.2, 0.25) is 11.8 Å². The molecule has 0 bridgehead atoms. The van der Waals surface area contributed by atoms with Crippen LogP contribution >= 0.6 is 0 Å². The number of hydrogen-bond donors (Lipinski definition) is 3. The van der Waals surface area contributed by atoms with Gasteiger partial charge in [-0.2, -0.15) is 0 Å². The van der Waals surface area contributed by atoms with Crippen LogP contribution in [0.4, 0.5) is 4.79 Å². The Morgan fingerprint density at radius 1 is 1.00 bits per heavy atom. The SMILES string of the molecule is CC(C)(C)NC(=O)C1(NC(=O)C(C)(C)C)CCN(C(N)=O)CC1. The number of carbonyl (C=O) groups excluding carboxylic acids is 3. The van der Waals surface area contributed by atoms with E-state index in [1.807, 2.05) is 20.8 Å². The maximum absolute atomic E-state index is 12.8. The number of rotatable bonds is 2. The van der Waals surface area contributed by atoms with Crippen molar-refractivity contribution < 1.29 is 14.4 Å². The van der Waals surface area contributed by atoms with Gasteiger partial charge in [-0.15, -0.1) is 0 Å². The molecule has 1 rings (SSSR count). The second-order valence-electron chi connectivity index (χ2n) is 8.32. The molecule has 0 aromatic rings. The Labute approximate surface area is 138 Å². The number of piperidine rings is 1. The topological polar surface area (TPSA) is 105 Å². The number of nitrogens with zero attached hydrogens (tertiary/aromatic N) is 1. The first kappa shape index (κ1) is 19.3. The number of hydrogen-bond acceptors (Lipinski definition) is 3. The van der Waals surface area contributed by atoms with Gasteiger partial charge in [-0.05, 0) is 33.6 Å². The summed E-state index contributed by atoms with van der Waals surface area (Å²) in [6, 6.07) is -0.503. The Morgan fingerprint density at radius 2 is 1.48 bits per heavy atom. The zero-order valence-corrected chi connectivity index (χ0v) is 15.1. The number of carbonyl (C=O) groups is 3. The molecular weight excluding hydrogens is 296 g/mol. The average molecular weight is 326 g/mol. The van der Waals surface area contributed by atoms with E-state index in [-0.39, 0.29) is 11.8 Å². The minimum Gasteiger partial charge on any atom is -0.351 e. The van der Waals surface area contributed by atoms with Gasteiger partial charge in [0.1, 0.15) is 5.54 Å². The fraction of sp³-hybridized carbons (Fsp3) is 0.812. The van der Waals surface area contributed by atoms with Gasteiger partial charge in [0.25, 0.3) is 0 Å². The second kappa shape index (κ2) is 6.37. The van der Waals surface area contributed by atoms with Crippen molar-refractivity contribution in [2.45, 2.75) is 65.5 Å². The quantitative estimate of drug-likeness (QED) is 0.704. The molecule has 0 radical (unpaired) electrons. The Kier molecular flexibility index (Phi) is 5.34. The lowest BCUT2D eigenvalue weighted by Gasteiger charge is -2.43. The molecule has 0 unspecified atom stereocenters. The van der Waals surface area contributed by atoms with Crippen LogP contribution in [0.3, 0.4) is 0 Å². The van der Waals surface area contributed by atoms with E-state index in [9.17, 15) is 14.4 Å². The Bertz CT molecular complexity index is 481. The number of amides is 4. The van der Waals surface area contributed by atoms with Crippen molar-refractivity contribution >= 4 is 17.8 Å². The van der Waals surface area contributed by atoms with Crippen molar-refractivity contribution in [2.75, 3.05) is 13.1 Å². The van der Waals surface area contributed by atoms with Crippen LogP contribution in [0.5, 0.6) is 0 Å². The van der Waals surface area contributed by atoms with Gasteiger partial charge in [0.15, 0.2) is 0 Å². The van der Waals surface area contributed by atoms with Crippen molar-refractivity contribution in [3.63, 3.8) is 0 Å². The van der Waals surface area contributed by atoms with Crippen molar-refractivity contribution in [1.29, 1.82) is 0 Å². The van der Waals surface area contributed by atoms with E-state index < -0.39 is 22.5 Å². The molecular formula is C16H30N4O3. The van der Waals surface area contributed by atoms with E-state index in [4.69, 9.17) is 5.73 Å².